The van der Waals surface area contributed by atoms with E-state index in [2.05, 4.69) is 32.9 Å². The van der Waals surface area contributed by atoms with Crippen LogP contribution in [-0.4, -0.2) is 15.0 Å². The molecule has 4 nitrogen and oxygen atoms in total. The summed E-state index contributed by atoms with van der Waals surface area (Å²) in [6.07, 6.45) is 0. The summed E-state index contributed by atoms with van der Waals surface area (Å²) in [5, 5.41) is 8.58. The third-order valence-electron chi connectivity index (χ3n) is 2.64. The zero-order valence-electron chi connectivity index (χ0n) is 9.25. The molecular weight excluding hydrogens is 341 g/mol. The van der Waals surface area contributed by atoms with Crippen molar-refractivity contribution in [1.82, 2.24) is 15.0 Å². The summed E-state index contributed by atoms with van der Waals surface area (Å²) in [5.74, 6) is 0. The quantitative estimate of drug-likeness (QED) is 0.634. The van der Waals surface area contributed by atoms with Gasteiger partial charge in [0.2, 0.25) is 0 Å². The number of rotatable bonds is 1. The largest absolute Gasteiger partial charge is 0.282 e. The summed E-state index contributed by atoms with van der Waals surface area (Å²) < 4.78 is 2.43. The van der Waals surface area contributed by atoms with E-state index in [1.165, 1.54) is 4.68 Å². The van der Waals surface area contributed by atoms with Crippen molar-refractivity contribution in [2.75, 3.05) is 0 Å². The highest BCUT2D eigenvalue weighted by Crippen LogP contribution is 2.10. The predicted molar refractivity (Wildman–Crippen MR) is 77.9 cm³/mol. The van der Waals surface area contributed by atoms with Gasteiger partial charge in [0.05, 0.1) is 11.1 Å². The molecule has 0 saturated heterocycles. The molecule has 0 radical (unpaired) electrons. The molecular formula is C13H8IN3O. The fraction of sp³-hybridized carbons (Fsp3) is 0. The summed E-state index contributed by atoms with van der Waals surface area (Å²) in [6.45, 7) is 0. The van der Waals surface area contributed by atoms with Crippen LogP contribution in [0.3, 0.4) is 0 Å². The van der Waals surface area contributed by atoms with Crippen molar-refractivity contribution in [1.29, 1.82) is 0 Å². The lowest BCUT2D eigenvalue weighted by Gasteiger charge is -2.04. The molecule has 2 aromatic carbocycles. The topological polar surface area (TPSA) is 47.8 Å². The van der Waals surface area contributed by atoms with Crippen molar-refractivity contribution < 1.29 is 0 Å². The van der Waals surface area contributed by atoms with Crippen LogP contribution in [0, 0.1) is 3.57 Å². The Morgan fingerprint density at radius 1 is 1.00 bits per heavy atom. The number of fused-ring (bicyclic) bond motifs is 1. The Balaban J connectivity index is 2.27. The molecule has 0 N–H and O–H groups in total. The number of nitrogens with zero attached hydrogens (tertiary/aromatic N) is 3. The lowest BCUT2D eigenvalue weighted by atomic mass is 10.2. The number of hydrogen-bond acceptors (Lipinski definition) is 3. The van der Waals surface area contributed by atoms with Crippen molar-refractivity contribution in [3.05, 3.63) is 62.5 Å². The Morgan fingerprint density at radius 3 is 2.50 bits per heavy atom. The maximum Gasteiger partial charge on any atom is 0.282 e. The van der Waals surface area contributed by atoms with Gasteiger partial charge in [0.25, 0.3) is 5.56 Å². The van der Waals surface area contributed by atoms with Crippen LogP contribution in [0.2, 0.25) is 0 Å². The first-order valence-corrected chi connectivity index (χ1v) is 6.44. The molecule has 0 aliphatic carbocycles. The molecule has 1 heterocycles. The normalized spacial score (nSPS) is 10.7. The van der Waals surface area contributed by atoms with Crippen LogP contribution in [0.4, 0.5) is 0 Å². The van der Waals surface area contributed by atoms with Crippen LogP contribution in [0.1, 0.15) is 0 Å². The van der Waals surface area contributed by atoms with E-state index in [1.54, 1.807) is 12.1 Å². The third-order valence-corrected chi connectivity index (χ3v) is 3.36. The molecule has 1 aromatic heterocycles. The Kier molecular flexibility index (Phi) is 2.83. The maximum absolute atomic E-state index is 12.3. The van der Waals surface area contributed by atoms with Crippen LogP contribution >= 0.6 is 22.6 Å². The Morgan fingerprint density at radius 2 is 1.72 bits per heavy atom. The van der Waals surface area contributed by atoms with Gasteiger partial charge in [0.15, 0.2) is 0 Å². The fourth-order valence-corrected chi connectivity index (χ4v) is 2.10. The maximum atomic E-state index is 12.3. The van der Waals surface area contributed by atoms with Crippen LogP contribution in [0.25, 0.3) is 16.6 Å². The third kappa shape index (κ3) is 1.90. The summed E-state index contributed by atoms with van der Waals surface area (Å²) in [6, 6.07) is 14.8. The van der Waals surface area contributed by atoms with Gasteiger partial charge in [-0.1, -0.05) is 17.3 Å². The van der Waals surface area contributed by atoms with E-state index in [4.69, 9.17) is 0 Å². The molecule has 0 fully saturated rings. The SMILES string of the molecule is O=c1c2ccccc2nnn1-c1ccc(I)cc1. The zero-order valence-corrected chi connectivity index (χ0v) is 11.4. The van der Waals surface area contributed by atoms with Gasteiger partial charge in [-0.2, -0.15) is 4.68 Å². The minimum atomic E-state index is -0.151. The second kappa shape index (κ2) is 4.49. The van der Waals surface area contributed by atoms with Crippen molar-refractivity contribution in [2.24, 2.45) is 0 Å². The highest BCUT2D eigenvalue weighted by molar-refractivity contribution is 14.1. The monoisotopic (exact) mass is 349 g/mol. The van der Waals surface area contributed by atoms with E-state index >= 15 is 0 Å². The zero-order chi connectivity index (χ0) is 12.5. The minimum absolute atomic E-state index is 0.151. The fourth-order valence-electron chi connectivity index (χ4n) is 1.74. The molecule has 3 aromatic rings. The average molecular weight is 349 g/mol. The number of benzene rings is 2. The molecule has 0 amide bonds. The first-order valence-electron chi connectivity index (χ1n) is 5.36. The van der Waals surface area contributed by atoms with Gasteiger partial charge in [-0.3, -0.25) is 4.79 Å². The lowest BCUT2D eigenvalue weighted by Crippen LogP contribution is -2.22. The molecule has 0 saturated carbocycles. The molecule has 0 aliphatic heterocycles. The standard InChI is InChI=1S/C13H8IN3O/c14-9-5-7-10(8-6-9)17-13(18)11-3-1-2-4-12(11)15-16-17/h1-8H. The predicted octanol–water partition coefficient (Wildman–Crippen LogP) is 2.39. The Hall–Kier alpha value is -1.76. The van der Waals surface area contributed by atoms with Crippen molar-refractivity contribution in [2.45, 2.75) is 0 Å². The second-order valence-corrected chi connectivity index (χ2v) is 5.05. The number of halogens is 1. The van der Waals surface area contributed by atoms with Crippen LogP contribution in [-0.2, 0) is 0 Å². The molecule has 0 bridgehead atoms. The smallest absolute Gasteiger partial charge is 0.267 e. The Bertz CT molecular complexity index is 765. The van der Waals surface area contributed by atoms with E-state index in [0.717, 1.165) is 9.26 Å². The van der Waals surface area contributed by atoms with E-state index in [9.17, 15) is 4.79 Å². The van der Waals surface area contributed by atoms with E-state index < -0.39 is 0 Å². The molecule has 0 unspecified atom stereocenters. The van der Waals surface area contributed by atoms with Crippen LogP contribution < -0.4 is 5.56 Å². The van der Waals surface area contributed by atoms with Crippen molar-refractivity contribution in [3.8, 4) is 5.69 Å². The average Bonchev–Trinajstić information content (AvgIpc) is 2.41. The summed E-state index contributed by atoms with van der Waals surface area (Å²) in [7, 11) is 0. The summed E-state index contributed by atoms with van der Waals surface area (Å²) in [5.41, 5.74) is 1.18. The van der Waals surface area contributed by atoms with Gasteiger partial charge >= 0.3 is 0 Å². The van der Waals surface area contributed by atoms with Gasteiger partial charge in [0, 0.05) is 3.57 Å². The molecule has 18 heavy (non-hydrogen) atoms. The molecule has 3 rings (SSSR count). The first kappa shape index (κ1) is 11.3. The van der Waals surface area contributed by atoms with Crippen LogP contribution in [0.15, 0.2) is 53.3 Å². The molecule has 0 spiro atoms. The van der Waals surface area contributed by atoms with Gasteiger partial charge < -0.3 is 0 Å². The van der Waals surface area contributed by atoms with Gasteiger partial charge in [-0.05, 0) is 59.0 Å². The number of aromatic nitrogens is 3. The molecule has 5 heteroatoms. The van der Waals surface area contributed by atoms with Gasteiger partial charge in [-0.25, -0.2) is 0 Å². The van der Waals surface area contributed by atoms with Crippen molar-refractivity contribution >= 4 is 33.5 Å². The molecule has 0 atom stereocenters. The summed E-state index contributed by atoms with van der Waals surface area (Å²) in [4.78, 5) is 12.3. The van der Waals surface area contributed by atoms with Gasteiger partial charge in [-0.15, -0.1) is 5.10 Å². The Labute approximate surface area is 116 Å². The minimum Gasteiger partial charge on any atom is -0.267 e. The van der Waals surface area contributed by atoms with E-state index in [0.29, 0.717) is 10.9 Å². The van der Waals surface area contributed by atoms with Crippen LogP contribution in [0.5, 0.6) is 0 Å². The highest BCUT2D eigenvalue weighted by atomic mass is 127. The van der Waals surface area contributed by atoms with Gasteiger partial charge in [0.1, 0.15) is 5.52 Å². The molecule has 88 valence electrons. The first-order chi connectivity index (χ1) is 8.75. The highest BCUT2D eigenvalue weighted by Gasteiger charge is 2.06. The van der Waals surface area contributed by atoms with E-state index in [1.807, 2.05) is 36.4 Å². The molecule has 0 aliphatic rings. The van der Waals surface area contributed by atoms with E-state index in [-0.39, 0.29) is 5.56 Å². The van der Waals surface area contributed by atoms with Crippen molar-refractivity contribution in [3.63, 3.8) is 0 Å². The summed E-state index contributed by atoms with van der Waals surface area (Å²) >= 11 is 2.22. The number of hydrogen-bond donors (Lipinski definition) is 0. The second-order valence-electron chi connectivity index (χ2n) is 3.80. The lowest BCUT2D eigenvalue weighted by molar-refractivity contribution is 0.738.